The Bertz CT molecular complexity index is 400. The van der Waals surface area contributed by atoms with Gasteiger partial charge in [0.2, 0.25) is 11.8 Å². The molecule has 0 aliphatic rings. The molecule has 0 bridgehead atoms. The summed E-state index contributed by atoms with van der Waals surface area (Å²) in [5.74, 6) is -1.63. The first-order chi connectivity index (χ1) is 8.00. The molecule has 2 N–H and O–H groups in total. The number of aromatic nitrogens is 2. The van der Waals surface area contributed by atoms with Gasteiger partial charge in [-0.3, -0.25) is 0 Å². The number of hydrogen-bond acceptors (Lipinski definition) is 4. The lowest BCUT2D eigenvalue weighted by atomic mass is 10.3. The van der Waals surface area contributed by atoms with E-state index in [0.717, 1.165) is 0 Å². The highest BCUT2D eigenvalue weighted by Crippen LogP contribution is 2.36. The van der Waals surface area contributed by atoms with Gasteiger partial charge in [-0.1, -0.05) is 11.6 Å². The van der Waals surface area contributed by atoms with E-state index in [9.17, 15) is 26.3 Å². The molecule has 102 valence electrons. The van der Waals surface area contributed by atoms with Crippen LogP contribution in [0.1, 0.15) is 0 Å². The van der Waals surface area contributed by atoms with Crippen molar-refractivity contribution in [2.75, 3.05) is 5.73 Å². The molecule has 0 spiro atoms. The monoisotopic (exact) mass is 295 g/mol. The first-order valence-corrected chi connectivity index (χ1v) is 4.48. The Morgan fingerprint density at radius 1 is 1.11 bits per heavy atom. The normalized spacial score (nSPS) is 12.9. The standard InChI is InChI=1S/C7H4ClF6N3O/c8-2-1-3(17-5(15)16-2)18-4(6(9,10)11)7(12,13)14/h1,4H,(H2,15,16,17). The highest BCUT2D eigenvalue weighted by molar-refractivity contribution is 6.29. The molecule has 0 saturated heterocycles. The molecule has 0 aliphatic carbocycles. The van der Waals surface area contributed by atoms with Crippen molar-refractivity contribution in [3.05, 3.63) is 11.2 Å². The van der Waals surface area contributed by atoms with E-state index in [-0.39, 0.29) is 0 Å². The van der Waals surface area contributed by atoms with Crippen molar-refractivity contribution in [1.82, 2.24) is 9.97 Å². The van der Waals surface area contributed by atoms with E-state index in [0.29, 0.717) is 6.07 Å². The van der Waals surface area contributed by atoms with Gasteiger partial charge in [-0.2, -0.15) is 31.3 Å². The maximum absolute atomic E-state index is 12.2. The molecule has 1 aromatic rings. The van der Waals surface area contributed by atoms with Crippen molar-refractivity contribution < 1.29 is 31.1 Å². The average molecular weight is 296 g/mol. The number of halogens is 7. The van der Waals surface area contributed by atoms with Crippen molar-refractivity contribution >= 4 is 17.5 Å². The Kier molecular flexibility index (Phi) is 3.79. The number of rotatable bonds is 2. The number of nitrogens with two attached hydrogens (primary N) is 1. The zero-order chi connectivity index (χ0) is 14.1. The lowest BCUT2D eigenvalue weighted by Crippen LogP contribution is -2.46. The molecule has 0 unspecified atom stereocenters. The van der Waals surface area contributed by atoms with Crippen LogP contribution in [0.15, 0.2) is 6.07 Å². The summed E-state index contributed by atoms with van der Waals surface area (Å²) in [6.07, 6.45) is -15.3. The molecule has 4 nitrogen and oxygen atoms in total. The van der Waals surface area contributed by atoms with Crippen LogP contribution in [0.3, 0.4) is 0 Å². The van der Waals surface area contributed by atoms with Crippen LogP contribution in [0.25, 0.3) is 0 Å². The fourth-order valence-corrected chi connectivity index (χ4v) is 1.09. The molecule has 1 heterocycles. The maximum Gasteiger partial charge on any atom is 0.434 e. The average Bonchev–Trinajstić information content (AvgIpc) is 2.08. The molecule has 0 fully saturated rings. The Morgan fingerprint density at radius 2 is 1.61 bits per heavy atom. The number of nitrogen functional groups attached to an aromatic ring is 1. The summed E-state index contributed by atoms with van der Waals surface area (Å²) in [5, 5.41) is -0.444. The van der Waals surface area contributed by atoms with Crippen LogP contribution in [-0.4, -0.2) is 28.4 Å². The Labute approximate surface area is 101 Å². The minimum Gasteiger partial charge on any atom is -0.455 e. The zero-order valence-corrected chi connectivity index (χ0v) is 8.94. The van der Waals surface area contributed by atoms with Gasteiger partial charge in [0, 0.05) is 6.07 Å². The van der Waals surface area contributed by atoms with E-state index >= 15 is 0 Å². The fourth-order valence-electron chi connectivity index (χ4n) is 0.914. The molecular formula is C7H4ClF6N3O. The molecule has 0 saturated carbocycles. The van der Waals surface area contributed by atoms with E-state index < -0.39 is 35.4 Å². The smallest absolute Gasteiger partial charge is 0.434 e. The first kappa shape index (κ1) is 14.6. The third kappa shape index (κ3) is 3.79. The predicted octanol–water partition coefficient (Wildman–Crippen LogP) is 2.58. The molecule has 0 aliphatic heterocycles. The van der Waals surface area contributed by atoms with Gasteiger partial charge in [0.1, 0.15) is 5.15 Å². The molecule has 18 heavy (non-hydrogen) atoms. The van der Waals surface area contributed by atoms with Gasteiger partial charge in [-0.25, -0.2) is 4.98 Å². The number of hydrogen-bond donors (Lipinski definition) is 1. The van der Waals surface area contributed by atoms with Gasteiger partial charge in [0.05, 0.1) is 0 Å². The van der Waals surface area contributed by atoms with E-state index in [1.54, 1.807) is 0 Å². The van der Waals surface area contributed by atoms with Crippen LogP contribution < -0.4 is 10.5 Å². The fraction of sp³-hybridized carbons (Fsp3) is 0.429. The molecule has 1 rings (SSSR count). The molecule has 0 radical (unpaired) electrons. The SMILES string of the molecule is Nc1nc(Cl)cc(OC(C(F)(F)F)C(F)(F)F)n1. The van der Waals surface area contributed by atoms with Crippen molar-refractivity contribution in [2.45, 2.75) is 18.5 Å². The second kappa shape index (κ2) is 4.67. The van der Waals surface area contributed by atoms with Crippen molar-refractivity contribution in [2.24, 2.45) is 0 Å². The quantitative estimate of drug-likeness (QED) is 0.673. The highest BCUT2D eigenvalue weighted by atomic mass is 35.5. The first-order valence-electron chi connectivity index (χ1n) is 4.10. The van der Waals surface area contributed by atoms with Gasteiger partial charge in [-0.05, 0) is 0 Å². The Balaban J connectivity index is 3.04. The third-order valence-corrected chi connectivity index (χ3v) is 1.72. The predicted molar refractivity (Wildman–Crippen MR) is 48.0 cm³/mol. The number of anilines is 1. The summed E-state index contributed by atoms with van der Waals surface area (Å²) in [7, 11) is 0. The van der Waals surface area contributed by atoms with Crippen molar-refractivity contribution in [3.63, 3.8) is 0 Å². The summed E-state index contributed by atoms with van der Waals surface area (Å²) >= 11 is 5.29. The van der Waals surface area contributed by atoms with Gasteiger partial charge in [0.25, 0.3) is 6.10 Å². The van der Waals surface area contributed by atoms with Gasteiger partial charge in [-0.15, -0.1) is 0 Å². The van der Waals surface area contributed by atoms with Crippen LogP contribution in [0.5, 0.6) is 5.88 Å². The van der Waals surface area contributed by atoms with Crippen molar-refractivity contribution in [1.29, 1.82) is 0 Å². The van der Waals surface area contributed by atoms with Gasteiger partial charge < -0.3 is 10.5 Å². The summed E-state index contributed by atoms with van der Waals surface area (Å²) in [6.45, 7) is 0. The molecule has 0 atom stereocenters. The van der Waals surface area contributed by atoms with Crippen LogP contribution in [0, 0.1) is 0 Å². The zero-order valence-electron chi connectivity index (χ0n) is 8.18. The molecule has 1 aromatic heterocycles. The van der Waals surface area contributed by atoms with Crippen molar-refractivity contribution in [3.8, 4) is 5.88 Å². The topological polar surface area (TPSA) is 61.0 Å². The Hall–Kier alpha value is -1.45. The Morgan fingerprint density at radius 3 is 2.00 bits per heavy atom. The van der Waals surface area contributed by atoms with Crippen LogP contribution in [0.2, 0.25) is 5.15 Å². The van der Waals surface area contributed by atoms with Gasteiger partial charge >= 0.3 is 12.4 Å². The van der Waals surface area contributed by atoms with E-state index in [2.05, 4.69) is 14.7 Å². The summed E-state index contributed by atoms with van der Waals surface area (Å²) in [5.41, 5.74) is 5.00. The summed E-state index contributed by atoms with van der Waals surface area (Å²) < 4.78 is 76.6. The largest absolute Gasteiger partial charge is 0.455 e. The van der Waals surface area contributed by atoms with E-state index in [1.807, 2.05) is 0 Å². The summed E-state index contributed by atoms with van der Waals surface area (Å²) in [4.78, 5) is 6.32. The molecule has 11 heteroatoms. The lowest BCUT2D eigenvalue weighted by molar-refractivity contribution is -0.300. The second-order valence-corrected chi connectivity index (χ2v) is 3.36. The minimum atomic E-state index is -5.65. The van der Waals surface area contributed by atoms with E-state index in [1.165, 1.54) is 0 Å². The molecular weight excluding hydrogens is 292 g/mol. The van der Waals surface area contributed by atoms with E-state index in [4.69, 9.17) is 17.3 Å². The third-order valence-electron chi connectivity index (χ3n) is 1.52. The van der Waals surface area contributed by atoms with Crippen LogP contribution in [0.4, 0.5) is 32.3 Å². The molecule has 0 aromatic carbocycles. The minimum absolute atomic E-state index is 0.444. The van der Waals surface area contributed by atoms with Crippen LogP contribution >= 0.6 is 11.6 Å². The number of alkyl halides is 6. The van der Waals surface area contributed by atoms with Crippen LogP contribution in [-0.2, 0) is 0 Å². The summed E-state index contributed by atoms with van der Waals surface area (Å²) in [6, 6.07) is 0.586. The van der Waals surface area contributed by atoms with Gasteiger partial charge in [0.15, 0.2) is 0 Å². The maximum atomic E-state index is 12.2. The number of ether oxygens (including phenoxy) is 1. The second-order valence-electron chi connectivity index (χ2n) is 2.97. The number of nitrogens with zero attached hydrogens (tertiary/aromatic N) is 2. The molecule has 0 amide bonds. The lowest BCUT2D eigenvalue weighted by Gasteiger charge is -2.23. The highest BCUT2D eigenvalue weighted by Gasteiger charge is 2.59.